The van der Waals surface area contributed by atoms with E-state index >= 15 is 0 Å². The molecule has 3 nitrogen and oxygen atoms in total. The number of nitrogens with one attached hydrogen (secondary N) is 1. The van der Waals surface area contributed by atoms with E-state index in [2.05, 4.69) is 35.3 Å². The second-order valence-corrected chi connectivity index (χ2v) is 5.14. The van der Waals surface area contributed by atoms with Crippen LogP contribution in [-0.2, 0) is 6.54 Å². The summed E-state index contributed by atoms with van der Waals surface area (Å²) in [4.78, 5) is 2.49. The Morgan fingerprint density at radius 1 is 1.22 bits per heavy atom. The molecule has 96 valence electrons. The summed E-state index contributed by atoms with van der Waals surface area (Å²) >= 11 is 0. The Bertz CT molecular complexity index is 553. The molecule has 0 unspecified atom stereocenters. The van der Waals surface area contributed by atoms with Gasteiger partial charge in [-0.2, -0.15) is 0 Å². The highest BCUT2D eigenvalue weighted by Crippen LogP contribution is 2.25. The quantitative estimate of drug-likeness (QED) is 0.879. The van der Waals surface area contributed by atoms with Crippen molar-refractivity contribution in [3.63, 3.8) is 0 Å². The van der Waals surface area contributed by atoms with Crippen molar-refractivity contribution in [3.8, 4) is 0 Å². The first-order chi connectivity index (χ1) is 8.74. The first kappa shape index (κ1) is 11.8. The summed E-state index contributed by atoms with van der Waals surface area (Å²) in [7, 11) is 0. The van der Waals surface area contributed by atoms with Gasteiger partial charge in [0.25, 0.3) is 0 Å². The van der Waals surface area contributed by atoms with Gasteiger partial charge in [0.1, 0.15) is 11.3 Å². The average Bonchev–Trinajstić information content (AvgIpc) is 2.66. The number of fused-ring (bicyclic) bond motifs is 1. The van der Waals surface area contributed by atoms with Gasteiger partial charge in [-0.15, -0.1) is 0 Å². The maximum Gasteiger partial charge on any atom is 0.134 e. The molecule has 0 amide bonds. The number of nitrogens with zero attached hydrogens (tertiary/aromatic N) is 1. The predicted molar refractivity (Wildman–Crippen MR) is 73.8 cm³/mol. The first-order valence-electron chi connectivity index (χ1n) is 6.66. The smallest absolute Gasteiger partial charge is 0.134 e. The third-order valence-electron chi connectivity index (χ3n) is 3.86. The molecule has 0 aliphatic carbocycles. The third-order valence-corrected chi connectivity index (χ3v) is 3.86. The molecule has 1 aromatic carbocycles. The largest absolute Gasteiger partial charge is 0.461 e. The van der Waals surface area contributed by atoms with Crippen LogP contribution in [0.5, 0.6) is 0 Å². The van der Waals surface area contributed by atoms with Gasteiger partial charge in [-0.05, 0) is 31.0 Å². The fourth-order valence-corrected chi connectivity index (χ4v) is 2.62. The van der Waals surface area contributed by atoms with E-state index in [4.69, 9.17) is 4.42 Å². The summed E-state index contributed by atoms with van der Waals surface area (Å²) in [5.74, 6) is 1.03. The molecule has 1 saturated heterocycles. The lowest BCUT2D eigenvalue weighted by Crippen LogP contribution is -2.42. The van der Waals surface area contributed by atoms with Crippen molar-refractivity contribution in [1.29, 1.82) is 0 Å². The highest BCUT2D eigenvalue weighted by molar-refractivity contribution is 5.82. The maximum atomic E-state index is 5.80. The standard InChI is InChI=1S/C15H20N2O/c1-11-12(2)18-15-9-13(3-4-14(11)15)10-17-7-5-16-6-8-17/h3-4,9,16H,5-8,10H2,1-2H3. The minimum atomic E-state index is 1.02. The van der Waals surface area contributed by atoms with Crippen LogP contribution in [0.3, 0.4) is 0 Å². The molecular formula is C15H20N2O. The van der Waals surface area contributed by atoms with Gasteiger partial charge in [-0.3, -0.25) is 4.90 Å². The van der Waals surface area contributed by atoms with Crippen LogP contribution in [0.4, 0.5) is 0 Å². The Balaban J connectivity index is 1.84. The van der Waals surface area contributed by atoms with Gasteiger partial charge < -0.3 is 9.73 Å². The van der Waals surface area contributed by atoms with Gasteiger partial charge in [0.05, 0.1) is 0 Å². The Morgan fingerprint density at radius 3 is 2.78 bits per heavy atom. The summed E-state index contributed by atoms with van der Waals surface area (Å²) in [5.41, 5.74) is 3.63. The lowest BCUT2D eigenvalue weighted by Gasteiger charge is -2.27. The second kappa shape index (κ2) is 4.75. The van der Waals surface area contributed by atoms with Crippen LogP contribution in [0.2, 0.25) is 0 Å². The molecule has 0 radical (unpaired) electrons. The molecule has 2 aromatic rings. The Hall–Kier alpha value is -1.32. The van der Waals surface area contributed by atoms with E-state index in [0.717, 1.165) is 44.1 Å². The Kier molecular flexibility index (Phi) is 3.10. The van der Waals surface area contributed by atoms with Gasteiger partial charge in [-0.1, -0.05) is 12.1 Å². The molecule has 1 aromatic heterocycles. The molecular weight excluding hydrogens is 224 g/mol. The van der Waals surface area contributed by atoms with Gasteiger partial charge in [0.15, 0.2) is 0 Å². The van der Waals surface area contributed by atoms with Crippen LogP contribution in [0.25, 0.3) is 11.0 Å². The van der Waals surface area contributed by atoms with Gasteiger partial charge in [0, 0.05) is 38.1 Å². The molecule has 1 N–H and O–H groups in total. The van der Waals surface area contributed by atoms with Crippen LogP contribution in [0.1, 0.15) is 16.9 Å². The summed E-state index contributed by atoms with van der Waals surface area (Å²) in [6, 6.07) is 6.61. The molecule has 18 heavy (non-hydrogen) atoms. The highest BCUT2D eigenvalue weighted by atomic mass is 16.3. The highest BCUT2D eigenvalue weighted by Gasteiger charge is 2.12. The number of aryl methyl sites for hydroxylation is 2. The molecule has 0 spiro atoms. The maximum absolute atomic E-state index is 5.80. The van der Waals surface area contributed by atoms with Crippen molar-refractivity contribution in [1.82, 2.24) is 10.2 Å². The minimum absolute atomic E-state index is 1.02. The van der Waals surface area contributed by atoms with E-state index in [1.807, 2.05) is 6.92 Å². The van der Waals surface area contributed by atoms with E-state index in [1.165, 1.54) is 16.5 Å². The third kappa shape index (κ3) is 2.16. The van der Waals surface area contributed by atoms with Crippen LogP contribution >= 0.6 is 0 Å². The molecule has 0 atom stereocenters. The fourth-order valence-electron chi connectivity index (χ4n) is 2.62. The molecule has 0 saturated carbocycles. The second-order valence-electron chi connectivity index (χ2n) is 5.14. The number of rotatable bonds is 2. The number of benzene rings is 1. The van der Waals surface area contributed by atoms with Crippen molar-refractivity contribution in [2.75, 3.05) is 26.2 Å². The Labute approximate surface area is 108 Å². The van der Waals surface area contributed by atoms with Gasteiger partial charge in [0.2, 0.25) is 0 Å². The molecule has 1 aliphatic heterocycles. The summed E-state index contributed by atoms with van der Waals surface area (Å²) in [6.07, 6.45) is 0. The molecule has 3 rings (SSSR count). The topological polar surface area (TPSA) is 28.4 Å². The minimum Gasteiger partial charge on any atom is -0.461 e. The molecule has 3 heteroatoms. The van der Waals surface area contributed by atoms with Gasteiger partial charge in [-0.25, -0.2) is 0 Å². The molecule has 0 bridgehead atoms. The number of hydrogen-bond acceptors (Lipinski definition) is 3. The van der Waals surface area contributed by atoms with Crippen molar-refractivity contribution in [2.45, 2.75) is 20.4 Å². The van der Waals surface area contributed by atoms with Crippen molar-refractivity contribution >= 4 is 11.0 Å². The monoisotopic (exact) mass is 244 g/mol. The van der Waals surface area contributed by atoms with E-state index in [0.29, 0.717) is 0 Å². The van der Waals surface area contributed by atoms with Crippen molar-refractivity contribution < 1.29 is 4.42 Å². The van der Waals surface area contributed by atoms with Crippen molar-refractivity contribution in [3.05, 3.63) is 35.1 Å². The lowest BCUT2D eigenvalue weighted by atomic mass is 10.1. The first-order valence-corrected chi connectivity index (χ1v) is 6.66. The predicted octanol–water partition coefficient (Wildman–Crippen LogP) is 2.45. The van der Waals surface area contributed by atoms with Crippen LogP contribution in [0, 0.1) is 13.8 Å². The summed E-state index contributed by atoms with van der Waals surface area (Å²) < 4.78 is 5.80. The average molecular weight is 244 g/mol. The zero-order valence-electron chi connectivity index (χ0n) is 11.1. The van der Waals surface area contributed by atoms with Crippen molar-refractivity contribution in [2.24, 2.45) is 0 Å². The lowest BCUT2D eigenvalue weighted by molar-refractivity contribution is 0.233. The molecule has 1 aliphatic rings. The zero-order valence-corrected chi connectivity index (χ0v) is 11.1. The molecule has 2 heterocycles. The normalized spacial score (nSPS) is 17.4. The van der Waals surface area contributed by atoms with E-state index in [-0.39, 0.29) is 0 Å². The SMILES string of the molecule is Cc1oc2cc(CN3CCNCC3)ccc2c1C. The van der Waals surface area contributed by atoms with E-state index in [9.17, 15) is 0 Å². The fraction of sp³-hybridized carbons (Fsp3) is 0.467. The summed E-state index contributed by atoms with van der Waals surface area (Å²) in [6.45, 7) is 9.64. The summed E-state index contributed by atoms with van der Waals surface area (Å²) in [5, 5.41) is 4.63. The van der Waals surface area contributed by atoms with Crippen LogP contribution in [-0.4, -0.2) is 31.1 Å². The van der Waals surface area contributed by atoms with Gasteiger partial charge >= 0.3 is 0 Å². The van der Waals surface area contributed by atoms with Crippen LogP contribution in [0.15, 0.2) is 22.6 Å². The van der Waals surface area contributed by atoms with Crippen LogP contribution < -0.4 is 5.32 Å². The van der Waals surface area contributed by atoms with E-state index in [1.54, 1.807) is 0 Å². The Morgan fingerprint density at radius 2 is 2.00 bits per heavy atom. The zero-order chi connectivity index (χ0) is 12.5. The van der Waals surface area contributed by atoms with E-state index < -0.39 is 0 Å². The number of piperazine rings is 1. The molecule has 1 fully saturated rings. The number of hydrogen-bond donors (Lipinski definition) is 1. The number of furan rings is 1.